The fourth-order valence-electron chi connectivity index (χ4n) is 7.49. The minimum absolute atomic E-state index is 0.0373. The van der Waals surface area contributed by atoms with Crippen LogP contribution in [0.5, 0.6) is 5.75 Å². The number of likely N-dealkylation sites (N-methyl/N-ethyl adjacent to an activating group) is 1. The Morgan fingerprint density at radius 1 is 0.935 bits per heavy atom. The lowest BCUT2D eigenvalue weighted by atomic mass is 9.82. The van der Waals surface area contributed by atoms with Crippen LogP contribution in [0, 0.1) is 5.92 Å². The third kappa shape index (κ3) is 7.30. The molecule has 0 spiro atoms. The molecule has 6 rings (SSSR count). The number of nitrogens with zero attached hydrogens (tertiary/aromatic N) is 3. The van der Waals surface area contributed by atoms with Crippen LogP contribution >= 0.6 is 0 Å². The van der Waals surface area contributed by atoms with Gasteiger partial charge in [-0.1, -0.05) is 74.0 Å². The van der Waals surface area contributed by atoms with Gasteiger partial charge < -0.3 is 14.5 Å². The number of ether oxygens (including phenoxy) is 1. The van der Waals surface area contributed by atoms with Crippen LogP contribution in [0.25, 0.3) is 0 Å². The van der Waals surface area contributed by atoms with Gasteiger partial charge in [0, 0.05) is 49.6 Å². The monoisotopic (exact) mass is 615 g/mol. The number of methoxy groups -OCH3 is 1. The Labute approximate surface area is 275 Å². The van der Waals surface area contributed by atoms with E-state index in [1.54, 1.807) is 12.0 Å². The second kappa shape index (κ2) is 15.0. The zero-order chi connectivity index (χ0) is 31.9. The number of rotatable bonds is 9. The van der Waals surface area contributed by atoms with E-state index >= 15 is 0 Å². The van der Waals surface area contributed by atoms with Crippen LogP contribution in [-0.4, -0.2) is 43.8 Å². The summed E-state index contributed by atoms with van der Waals surface area (Å²) in [4.78, 5) is 23.1. The van der Waals surface area contributed by atoms with Crippen molar-refractivity contribution in [3.05, 3.63) is 119 Å². The number of hydrogen-bond donors (Lipinski definition) is 0. The Morgan fingerprint density at radius 2 is 1.76 bits per heavy atom. The molecule has 5 nitrogen and oxygen atoms in total. The average Bonchev–Trinajstić information content (AvgIpc) is 3.47. The van der Waals surface area contributed by atoms with Crippen LogP contribution in [0.2, 0.25) is 0 Å². The molecule has 3 aromatic carbocycles. The Kier molecular flexibility index (Phi) is 10.4. The molecule has 0 N–H and O–H groups in total. The number of hydrogen-bond acceptors (Lipinski definition) is 4. The van der Waals surface area contributed by atoms with E-state index in [0.29, 0.717) is 0 Å². The van der Waals surface area contributed by atoms with E-state index in [0.717, 1.165) is 85.8 Å². The molecule has 3 aliphatic rings. The van der Waals surface area contributed by atoms with E-state index in [2.05, 4.69) is 78.6 Å². The largest absolute Gasteiger partial charge is 0.496 e. The van der Waals surface area contributed by atoms with Gasteiger partial charge >= 0.3 is 0 Å². The van der Waals surface area contributed by atoms with E-state index in [9.17, 15) is 4.79 Å². The first-order valence-corrected chi connectivity index (χ1v) is 17.3. The molecular weight excluding hydrogens is 566 g/mol. The highest BCUT2D eigenvalue weighted by atomic mass is 16.5. The molecule has 1 saturated heterocycles. The van der Waals surface area contributed by atoms with Gasteiger partial charge in [0.1, 0.15) is 5.75 Å². The van der Waals surface area contributed by atoms with Crippen LogP contribution < -0.4 is 9.64 Å². The zero-order valence-electron chi connectivity index (χ0n) is 27.9. The minimum Gasteiger partial charge on any atom is -0.496 e. The third-order valence-corrected chi connectivity index (χ3v) is 10.4. The van der Waals surface area contributed by atoms with Crippen LogP contribution in [0.1, 0.15) is 91.3 Å². The van der Waals surface area contributed by atoms with Crippen molar-refractivity contribution in [2.24, 2.45) is 10.9 Å². The molecule has 240 valence electrons. The summed E-state index contributed by atoms with van der Waals surface area (Å²) in [5, 5.41) is 0. The van der Waals surface area contributed by atoms with Crippen molar-refractivity contribution in [2.45, 2.75) is 77.0 Å². The molecule has 1 amide bonds. The van der Waals surface area contributed by atoms with Gasteiger partial charge in [-0.3, -0.25) is 9.79 Å². The maximum absolute atomic E-state index is 13.8. The second-order valence-corrected chi connectivity index (χ2v) is 13.2. The smallest absolute Gasteiger partial charge is 0.258 e. The lowest BCUT2D eigenvalue weighted by molar-refractivity contribution is 0.0833. The molecule has 46 heavy (non-hydrogen) atoms. The van der Waals surface area contributed by atoms with Crippen molar-refractivity contribution in [3.63, 3.8) is 0 Å². The molecular formula is C41H49N3O2. The molecule has 1 fully saturated rings. The van der Waals surface area contributed by atoms with Crippen LogP contribution in [0.3, 0.4) is 0 Å². The lowest BCUT2D eigenvalue weighted by Gasteiger charge is -2.31. The van der Waals surface area contributed by atoms with Gasteiger partial charge in [-0.05, 0) is 97.6 Å². The predicted octanol–water partition coefficient (Wildman–Crippen LogP) is 9.15. The maximum atomic E-state index is 13.8. The van der Waals surface area contributed by atoms with E-state index in [1.807, 2.05) is 25.4 Å². The molecule has 3 aromatic rings. The van der Waals surface area contributed by atoms with E-state index in [4.69, 9.17) is 9.73 Å². The van der Waals surface area contributed by atoms with Crippen LogP contribution in [0.4, 0.5) is 5.69 Å². The summed E-state index contributed by atoms with van der Waals surface area (Å²) in [7, 11) is 3.68. The Hall–Kier alpha value is -4.12. The van der Waals surface area contributed by atoms with Gasteiger partial charge in [0.25, 0.3) is 5.91 Å². The number of fused-ring (bicyclic) bond motifs is 2. The van der Waals surface area contributed by atoms with Crippen molar-refractivity contribution >= 4 is 17.3 Å². The number of amides is 1. The summed E-state index contributed by atoms with van der Waals surface area (Å²) in [6.45, 7) is 4.56. The minimum atomic E-state index is 0.0373. The fraction of sp³-hybridized carbons (Fsp3) is 0.415. The van der Waals surface area contributed by atoms with E-state index < -0.39 is 0 Å². The number of anilines is 1. The SMILES string of the molecule is CCC1CCCN(c2ccc(CCC3=NC=C4C(=CC3)CC(CCc3ccccc3)c3ccccc3C(=O)N4C)c(OC)c2)CC1. The summed E-state index contributed by atoms with van der Waals surface area (Å²) < 4.78 is 5.91. The average molecular weight is 616 g/mol. The van der Waals surface area contributed by atoms with E-state index in [1.165, 1.54) is 48.1 Å². The van der Waals surface area contributed by atoms with Gasteiger partial charge in [-0.25, -0.2) is 0 Å². The van der Waals surface area contributed by atoms with Gasteiger partial charge in [-0.2, -0.15) is 0 Å². The van der Waals surface area contributed by atoms with E-state index in [-0.39, 0.29) is 11.8 Å². The highest BCUT2D eigenvalue weighted by Gasteiger charge is 2.30. The van der Waals surface area contributed by atoms with Gasteiger partial charge in [0.2, 0.25) is 0 Å². The molecule has 2 atom stereocenters. The standard InChI is InChI=1S/C41H49N3O2/c1-4-30-13-10-25-44(26-24-30)36-23-20-32(40(28-36)46-3)18-21-35-22-19-34-27-33(17-16-31-11-6-5-7-12-31)37-14-8-9-15-38(37)41(45)43(2)39(34)29-42-35/h5-9,11-12,14-15,19-20,23,28-30,33H,4,10,13,16-18,21-22,24-27H2,1-3H3. The molecule has 0 aromatic heterocycles. The third-order valence-electron chi connectivity index (χ3n) is 10.4. The number of carbonyl (C=O) groups excluding carboxylic acids is 1. The number of benzene rings is 3. The highest BCUT2D eigenvalue weighted by Crippen LogP contribution is 2.38. The lowest BCUT2D eigenvalue weighted by Crippen LogP contribution is -2.30. The van der Waals surface area contributed by atoms with Gasteiger partial charge in [0.05, 0.1) is 19.0 Å². The first-order valence-electron chi connectivity index (χ1n) is 17.3. The van der Waals surface area contributed by atoms with Crippen molar-refractivity contribution < 1.29 is 9.53 Å². The summed E-state index contributed by atoms with van der Waals surface area (Å²) in [6.07, 6.45) is 14.8. The molecule has 5 heteroatoms. The maximum Gasteiger partial charge on any atom is 0.258 e. The number of allylic oxidation sites excluding steroid dienone is 2. The molecule has 0 saturated carbocycles. The molecule has 0 bridgehead atoms. The Bertz CT molecular complexity index is 1600. The van der Waals surface area contributed by atoms with Crippen molar-refractivity contribution in [2.75, 3.05) is 32.1 Å². The van der Waals surface area contributed by atoms with Crippen molar-refractivity contribution in [1.82, 2.24) is 4.90 Å². The molecule has 3 aliphatic heterocycles. The summed E-state index contributed by atoms with van der Waals surface area (Å²) >= 11 is 0. The molecule has 3 heterocycles. The quantitative estimate of drug-likeness (QED) is 0.241. The van der Waals surface area contributed by atoms with Crippen LogP contribution in [0.15, 0.2) is 101 Å². The number of carbonyl (C=O) groups is 1. The topological polar surface area (TPSA) is 45.1 Å². The second-order valence-electron chi connectivity index (χ2n) is 13.2. The molecule has 2 unspecified atom stereocenters. The molecule has 0 radical (unpaired) electrons. The van der Waals surface area contributed by atoms with Gasteiger partial charge in [0.15, 0.2) is 0 Å². The first kappa shape index (κ1) is 31.8. The first-order chi connectivity index (χ1) is 22.5. The molecule has 0 aliphatic carbocycles. The van der Waals surface area contributed by atoms with Crippen molar-refractivity contribution in [3.8, 4) is 5.75 Å². The van der Waals surface area contributed by atoms with Crippen molar-refractivity contribution in [1.29, 1.82) is 0 Å². The summed E-state index contributed by atoms with van der Waals surface area (Å²) in [5.74, 6) is 2.11. The highest BCUT2D eigenvalue weighted by molar-refractivity contribution is 5.98. The zero-order valence-corrected chi connectivity index (χ0v) is 27.9. The predicted molar refractivity (Wildman–Crippen MR) is 190 cm³/mol. The number of aliphatic imine (C=N–C) groups is 1. The van der Waals surface area contributed by atoms with Crippen LogP contribution in [-0.2, 0) is 12.8 Å². The fourth-order valence-corrected chi connectivity index (χ4v) is 7.49. The Morgan fingerprint density at radius 3 is 2.59 bits per heavy atom. The normalized spacial score (nSPS) is 20.2. The summed E-state index contributed by atoms with van der Waals surface area (Å²) in [6, 6.07) is 25.6. The van der Waals surface area contributed by atoms with Gasteiger partial charge in [-0.15, -0.1) is 0 Å². The summed E-state index contributed by atoms with van der Waals surface area (Å²) in [5.41, 5.74) is 9.05. The Balaban J connectivity index is 1.18. The number of aryl methyl sites for hydroxylation is 2.